The molecule has 33 heavy (non-hydrogen) atoms. The van der Waals surface area contributed by atoms with Gasteiger partial charge in [-0.05, 0) is 62.1 Å². The molecule has 2 atom stereocenters. The van der Waals surface area contributed by atoms with E-state index in [0.29, 0.717) is 24.8 Å². The summed E-state index contributed by atoms with van der Waals surface area (Å²) in [6.07, 6.45) is 1.44. The zero-order valence-electron chi connectivity index (χ0n) is 18.9. The lowest BCUT2D eigenvalue weighted by Crippen LogP contribution is -2.53. The van der Waals surface area contributed by atoms with Gasteiger partial charge in [0.2, 0.25) is 5.91 Å². The molecule has 4 rings (SSSR count). The molecule has 2 aliphatic rings. The van der Waals surface area contributed by atoms with Gasteiger partial charge in [-0.3, -0.25) is 9.59 Å². The summed E-state index contributed by atoms with van der Waals surface area (Å²) < 4.78 is 0. The van der Waals surface area contributed by atoms with Crippen molar-refractivity contribution in [2.24, 2.45) is 0 Å². The van der Waals surface area contributed by atoms with Gasteiger partial charge < -0.3 is 26.0 Å². The monoisotopic (exact) mass is 450 g/mol. The maximum absolute atomic E-state index is 12.5. The van der Waals surface area contributed by atoms with Crippen molar-refractivity contribution in [3.8, 4) is 0 Å². The molecule has 0 unspecified atom stereocenters. The van der Waals surface area contributed by atoms with Crippen molar-refractivity contribution in [2.45, 2.75) is 63.7 Å². The van der Waals surface area contributed by atoms with Crippen molar-refractivity contribution < 1.29 is 19.5 Å². The molecule has 0 spiro atoms. The molecule has 1 fully saturated rings. The average molecular weight is 451 g/mol. The van der Waals surface area contributed by atoms with Crippen LogP contribution in [0.2, 0.25) is 0 Å². The number of benzene rings is 2. The van der Waals surface area contributed by atoms with E-state index >= 15 is 0 Å². The second-order valence-electron chi connectivity index (χ2n) is 8.82. The maximum Gasteiger partial charge on any atom is 0.404 e. The Hall–Kier alpha value is -3.55. The van der Waals surface area contributed by atoms with Gasteiger partial charge in [-0.15, -0.1) is 0 Å². The second-order valence-corrected chi connectivity index (χ2v) is 8.82. The highest BCUT2D eigenvalue weighted by Gasteiger charge is 2.33. The fourth-order valence-electron chi connectivity index (χ4n) is 4.72. The third kappa shape index (κ3) is 4.94. The van der Waals surface area contributed by atoms with Crippen LogP contribution >= 0.6 is 0 Å². The first-order chi connectivity index (χ1) is 15.9. The molecule has 0 bridgehead atoms. The quantitative estimate of drug-likeness (QED) is 0.533. The van der Waals surface area contributed by atoms with Gasteiger partial charge in [0.05, 0.1) is 6.04 Å². The van der Waals surface area contributed by atoms with Crippen LogP contribution in [0.4, 0.5) is 16.2 Å². The zero-order chi connectivity index (χ0) is 23.5. The first kappa shape index (κ1) is 22.6. The Bertz CT molecular complexity index is 1030. The molecule has 2 aromatic rings. The highest BCUT2D eigenvalue weighted by Crippen LogP contribution is 2.39. The third-order valence-electron chi connectivity index (χ3n) is 6.45. The molecular formula is C25H30N4O4. The molecule has 0 aromatic heterocycles. The minimum Gasteiger partial charge on any atom is -0.465 e. The largest absolute Gasteiger partial charge is 0.465 e. The van der Waals surface area contributed by atoms with Gasteiger partial charge in [0, 0.05) is 41.5 Å². The topological polar surface area (TPSA) is 111 Å². The highest BCUT2D eigenvalue weighted by molar-refractivity contribution is 5.96. The summed E-state index contributed by atoms with van der Waals surface area (Å²) in [6.45, 7) is 3.96. The SMILES string of the molecule is CCC(=O)N1c2ccccc2[C@H](Nc2ccc(C(=O)NC3CC(NC(=O)O)C3)cc2)C[C@@H]1C. The zero-order valence-corrected chi connectivity index (χ0v) is 18.9. The molecule has 8 nitrogen and oxygen atoms in total. The number of fused-ring (bicyclic) bond motifs is 1. The molecule has 4 N–H and O–H groups in total. The van der Waals surface area contributed by atoms with E-state index in [9.17, 15) is 14.4 Å². The third-order valence-corrected chi connectivity index (χ3v) is 6.45. The fourth-order valence-corrected chi connectivity index (χ4v) is 4.72. The van der Waals surface area contributed by atoms with Crippen molar-refractivity contribution in [3.63, 3.8) is 0 Å². The van der Waals surface area contributed by atoms with Gasteiger partial charge in [-0.25, -0.2) is 4.79 Å². The Labute approximate surface area is 193 Å². The van der Waals surface area contributed by atoms with Gasteiger partial charge in [-0.1, -0.05) is 25.1 Å². The lowest BCUT2D eigenvalue weighted by molar-refractivity contribution is -0.118. The van der Waals surface area contributed by atoms with E-state index < -0.39 is 6.09 Å². The van der Waals surface area contributed by atoms with E-state index in [0.717, 1.165) is 23.4 Å². The Kier molecular flexibility index (Phi) is 6.53. The molecule has 3 amide bonds. The number of carboxylic acid groups (broad SMARTS) is 1. The molecule has 0 radical (unpaired) electrons. The van der Waals surface area contributed by atoms with Crippen LogP contribution in [-0.4, -0.2) is 41.1 Å². The van der Waals surface area contributed by atoms with Crippen LogP contribution in [0, 0.1) is 0 Å². The number of anilines is 2. The standard InChI is InChI=1S/C25H30N4O4/c1-3-23(30)29-15(2)12-21(20-6-4-5-7-22(20)29)26-17-10-8-16(9-11-17)24(31)27-18-13-19(14-18)28-25(32)33/h4-11,15,18-19,21,26,28H,3,12-14H2,1-2H3,(H,27,31)(H,32,33)/t15-,18?,19?,21+/m0/s1. The van der Waals surface area contributed by atoms with E-state index in [-0.39, 0.29) is 36.0 Å². The molecule has 1 aliphatic heterocycles. The Morgan fingerprint density at radius 2 is 1.64 bits per heavy atom. The predicted octanol–water partition coefficient (Wildman–Crippen LogP) is 3.90. The molecule has 2 aromatic carbocycles. The van der Waals surface area contributed by atoms with Crippen molar-refractivity contribution in [2.75, 3.05) is 10.2 Å². The summed E-state index contributed by atoms with van der Waals surface area (Å²) in [5.41, 5.74) is 3.51. The summed E-state index contributed by atoms with van der Waals surface area (Å²) in [7, 11) is 0. The van der Waals surface area contributed by atoms with Gasteiger partial charge in [-0.2, -0.15) is 0 Å². The first-order valence-corrected chi connectivity index (χ1v) is 11.4. The molecule has 1 aliphatic carbocycles. The van der Waals surface area contributed by atoms with Gasteiger partial charge in [0.1, 0.15) is 0 Å². The van der Waals surface area contributed by atoms with Crippen molar-refractivity contribution >= 4 is 29.3 Å². The number of hydrogen-bond donors (Lipinski definition) is 4. The van der Waals surface area contributed by atoms with E-state index in [4.69, 9.17) is 5.11 Å². The lowest BCUT2D eigenvalue weighted by atomic mass is 9.86. The number of carbonyl (C=O) groups is 3. The summed E-state index contributed by atoms with van der Waals surface area (Å²) in [5, 5.41) is 17.7. The summed E-state index contributed by atoms with van der Waals surface area (Å²) in [6, 6.07) is 15.4. The number of para-hydroxylation sites is 1. The molecule has 174 valence electrons. The van der Waals surface area contributed by atoms with E-state index in [2.05, 4.69) is 28.9 Å². The molecule has 0 saturated heterocycles. The maximum atomic E-state index is 12.5. The van der Waals surface area contributed by atoms with Crippen LogP contribution < -0.4 is 20.9 Å². The van der Waals surface area contributed by atoms with Crippen LogP contribution in [0.5, 0.6) is 0 Å². The molecular weight excluding hydrogens is 420 g/mol. The van der Waals surface area contributed by atoms with Crippen LogP contribution in [0.25, 0.3) is 0 Å². The average Bonchev–Trinajstić information content (AvgIpc) is 2.77. The number of rotatable bonds is 6. The fraction of sp³-hybridized carbons (Fsp3) is 0.400. The Morgan fingerprint density at radius 3 is 2.30 bits per heavy atom. The number of nitrogens with zero attached hydrogens (tertiary/aromatic N) is 1. The molecule has 1 heterocycles. The molecule has 1 saturated carbocycles. The smallest absolute Gasteiger partial charge is 0.404 e. The minimum absolute atomic E-state index is 0.0128. The highest BCUT2D eigenvalue weighted by atomic mass is 16.4. The lowest BCUT2D eigenvalue weighted by Gasteiger charge is -2.40. The molecule has 8 heteroatoms. The van der Waals surface area contributed by atoms with Gasteiger partial charge in [0.25, 0.3) is 5.91 Å². The van der Waals surface area contributed by atoms with Crippen LogP contribution in [-0.2, 0) is 4.79 Å². The van der Waals surface area contributed by atoms with Crippen molar-refractivity contribution in [3.05, 3.63) is 59.7 Å². The van der Waals surface area contributed by atoms with Crippen molar-refractivity contribution in [1.82, 2.24) is 10.6 Å². The first-order valence-electron chi connectivity index (χ1n) is 11.4. The van der Waals surface area contributed by atoms with Crippen molar-refractivity contribution in [1.29, 1.82) is 0 Å². The van der Waals surface area contributed by atoms with Crippen LogP contribution in [0.15, 0.2) is 48.5 Å². The number of amides is 3. The van der Waals surface area contributed by atoms with E-state index in [1.54, 1.807) is 12.1 Å². The predicted molar refractivity (Wildman–Crippen MR) is 127 cm³/mol. The second kappa shape index (κ2) is 9.52. The summed E-state index contributed by atoms with van der Waals surface area (Å²) >= 11 is 0. The summed E-state index contributed by atoms with van der Waals surface area (Å²) in [4.78, 5) is 37.6. The summed E-state index contributed by atoms with van der Waals surface area (Å²) in [5.74, 6) is -0.0361. The minimum atomic E-state index is -1.03. The van der Waals surface area contributed by atoms with E-state index in [1.165, 1.54) is 0 Å². The number of nitrogens with one attached hydrogen (secondary N) is 3. The van der Waals surface area contributed by atoms with Gasteiger partial charge >= 0.3 is 6.09 Å². The normalized spacial score (nSPS) is 23.6. The van der Waals surface area contributed by atoms with E-state index in [1.807, 2.05) is 42.2 Å². The Morgan fingerprint density at radius 1 is 0.970 bits per heavy atom. The van der Waals surface area contributed by atoms with Gasteiger partial charge in [0.15, 0.2) is 0 Å². The number of hydrogen-bond acceptors (Lipinski definition) is 4. The van der Waals surface area contributed by atoms with Crippen LogP contribution in [0.1, 0.15) is 61.5 Å². The van der Waals surface area contributed by atoms with Crippen LogP contribution in [0.3, 0.4) is 0 Å². The Balaban J connectivity index is 1.39. The number of carbonyl (C=O) groups excluding carboxylic acids is 2.